The Morgan fingerprint density at radius 1 is 0.824 bits per heavy atom. The molecule has 0 fully saturated rings. The Labute approximate surface area is 110 Å². The normalized spacial score (nSPS) is 11.0. The van der Waals surface area contributed by atoms with Gasteiger partial charge in [-0.1, -0.05) is 39.7 Å². The van der Waals surface area contributed by atoms with Gasteiger partial charge in [-0.15, -0.1) is 0 Å². The maximum atomic E-state index is 4.20. The molecule has 2 aromatic carbocycles. The average molecular weight is 289 g/mol. The lowest BCUT2D eigenvalue weighted by Crippen LogP contribution is -1.73. The maximum Gasteiger partial charge on any atom is 0.0868 e. The molecule has 0 bridgehead atoms. The molecule has 0 heterocycles. The molecule has 17 heavy (non-hydrogen) atoms. The van der Waals surface area contributed by atoms with Crippen molar-refractivity contribution in [2.24, 2.45) is 10.2 Å². The third kappa shape index (κ3) is 3.24. The molecule has 2 rings (SSSR count). The van der Waals surface area contributed by atoms with Gasteiger partial charge in [0.1, 0.15) is 0 Å². The van der Waals surface area contributed by atoms with E-state index < -0.39 is 0 Å². The number of rotatable bonds is 2. The number of hydrogen-bond acceptors (Lipinski definition) is 2. The van der Waals surface area contributed by atoms with Gasteiger partial charge >= 0.3 is 0 Å². The summed E-state index contributed by atoms with van der Waals surface area (Å²) in [5.74, 6) is 0. The molecule has 0 aliphatic heterocycles. The van der Waals surface area contributed by atoms with E-state index in [1.54, 1.807) is 0 Å². The van der Waals surface area contributed by atoms with Crippen LogP contribution in [0.15, 0.2) is 57.2 Å². The molecule has 0 aromatic heterocycles. The van der Waals surface area contributed by atoms with Gasteiger partial charge in [0, 0.05) is 4.47 Å². The lowest BCUT2D eigenvalue weighted by Gasteiger charge is -1.98. The number of benzene rings is 2. The van der Waals surface area contributed by atoms with Crippen molar-refractivity contribution < 1.29 is 0 Å². The van der Waals surface area contributed by atoms with Crippen LogP contribution in [0.25, 0.3) is 0 Å². The molecule has 3 heteroatoms. The highest BCUT2D eigenvalue weighted by Gasteiger charge is 1.96. The topological polar surface area (TPSA) is 24.7 Å². The molecule has 0 radical (unpaired) electrons. The van der Waals surface area contributed by atoms with Crippen LogP contribution >= 0.6 is 15.9 Å². The quantitative estimate of drug-likeness (QED) is 0.654. The van der Waals surface area contributed by atoms with Crippen LogP contribution in [0.1, 0.15) is 11.1 Å². The molecule has 0 unspecified atom stereocenters. The third-order valence-corrected chi connectivity index (χ3v) is 3.32. The van der Waals surface area contributed by atoms with Gasteiger partial charge in [-0.05, 0) is 43.7 Å². The smallest absolute Gasteiger partial charge is 0.0868 e. The lowest BCUT2D eigenvalue weighted by molar-refractivity contribution is 1.22. The summed E-state index contributed by atoms with van der Waals surface area (Å²) in [6.07, 6.45) is 0. The first-order chi connectivity index (χ1) is 8.15. The summed E-state index contributed by atoms with van der Waals surface area (Å²) in [5.41, 5.74) is 4.14. The molecule has 2 aromatic rings. The van der Waals surface area contributed by atoms with Crippen molar-refractivity contribution in [3.8, 4) is 0 Å². The Morgan fingerprint density at radius 2 is 1.41 bits per heavy atom. The molecule has 0 saturated carbocycles. The fraction of sp³-hybridized carbons (Fsp3) is 0.143. The minimum Gasteiger partial charge on any atom is -0.151 e. The lowest BCUT2D eigenvalue weighted by atomic mass is 10.2. The molecule has 0 amide bonds. The summed E-state index contributed by atoms with van der Waals surface area (Å²) in [6, 6.07) is 13.9. The summed E-state index contributed by atoms with van der Waals surface area (Å²) in [5, 5.41) is 8.40. The minimum absolute atomic E-state index is 0.850. The summed E-state index contributed by atoms with van der Waals surface area (Å²) < 4.78 is 1.05. The van der Waals surface area contributed by atoms with Crippen LogP contribution in [-0.4, -0.2) is 0 Å². The maximum absolute atomic E-state index is 4.20. The first-order valence-electron chi connectivity index (χ1n) is 5.40. The van der Waals surface area contributed by atoms with E-state index in [4.69, 9.17) is 0 Å². The minimum atomic E-state index is 0.850. The van der Waals surface area contributed by atoms with Gasteiger partial charge in [-0.2, -0.15) is 10.2 Å². The highest BCUT2D eigenvalue weighted by atomic mass is 79.9. The van der Waals surface area contributed by atoms with Gasteiger partial charge in [0.05, 0.1) is 11.4 Å². The van der Waals surface area contributed by atoms with Crippen molar-refractivity contribution in [3.05, 3.63) is 58.1 Å². The second-order valence-corrected chi connectivity index (χ2v) is 4.82. The number of halogens is 1. The number of hydrogen-bond donors (Lipinski definition) is 0. The second-order valence-electron chi connectivity index (χ2n) is 3.97. The fourth-order valence-electron chi connectivity index (χ4n) is 1.37. The van der Waals surface area contributed by atoms with E-state index in [0.717, 1.165) is 15.8 Å². The van der Waals surface area contributed by atoms with Crippen LogP contribution in [0.3, 0.4) is 0 Å². The zero-order valence-corrected chi connectivity index (χ0v) is 11.4. The zero-order valence-electron chi connectivity index (χ0n) is 9.81. The molecule has 0 N–H and O–H groups in total. The standard InChI is InChI=1S/C14H13BrN2/c1-10-3-6-12(7-4-10)16-17-13-8-5-11(2)14(15)9-13/h3-9H,1-2H3. The monoisotopic (exact) mass is 288 g/mol. The molecular weight excluding hydrogens is 276 g/mol. The first kappa shape index (κ1) is 12.0. The van der Waals surface area contributed by atoms with E-state index in [0.29, 0.717) is 0 Å². The van der Waals surface area contributed by atoms with Crippen molar-refractivity contribution >= 4 is 27.3 Å². The van der Waals surface area contributed by atoms with E-state index in [1.165, 1.54) is 11.1 Å². The summed E-state index contributed by atoms with van der Waals surface area (Å²) >= 11 is 3.48. The van der Waals surface area contributed by atoms with Crippen LogP contribution in [0.5, 0.6) is 0 Å². The second kappa shape index (κ2) is 5.23. The Morgan fingerprint density at radius 3 is 2.06 bits per heavy atom. The van der Waals surface area contributed by atoms with Crippen molar-refractivity contribution in [2.75, 3.05) is 0 Å². The van der Waals surface area contributed by atoms with Gasteiger partial charge in [0.25, 0.3) is 0 Å². The Hall–Kier alpha value is -1.48. The molecule has 0 saturated heterocycles. The summed E-state index contributed by atoms with van der Waals surface area (Å²) in [4.78, 5) is 0. The summed E-state index contributed by atoms with van der Waals surface area (Å²) in [6.45, 7) is 4.10. The van der Waals surface area contributed by atoms with Crippen molar-refractivity contribution in [2.45, 2.75) is 13.8 Å². The number of aryl methyl sites for hydroxylation is 2. The zero-order chi connectivity index (χ0) is 12.3. The molecule has 2 nitrogen and oxygen atoms in total. The molecule has 0 spiro atoms. The first-order valence-corrected chi connectivity index (χ1v) is 6.19. The van der Waals surface area contributed by atoms with Crippen LogP contribution < -0.4 is 0 Å². The average Bonchev–Trinajstić information content (AvgIpc) is 2.33. The highest BCUT2D eigenvalue weighted by Crippen LogP contribution is 2.24. The Balaban J connectivity index is 2.20. The van der Waals surface area contributed by atoms with Crippen LogP contribution in [-0.2, 0) is 0 Å². The van der Waals surface area contributed by atoms with Crippen LogP contribution in [0.4, 0.5) is 11.4 Å². The van der Waals surface area contributed by atoms with Gasteiger partial charge in [0.15, 0.2) is 0 Å². The van der Waals surface area contributed by atoms with E-state index >= 15 is 0 Å². The van der Waals surface area contributed by atoms with E-state index in [-0.39, 0.29) is 0 Å². The van der Waals surface area contributed by atoms with Gasteiger partial charge in [0.2, 0.25) is 0 Å². The predicted molar refractivity (Wildman–Crippen MR) is 74.2 cm³/mol. The van der Waals surface area contributed by atoms with Crippen molar-refractivity contribution in [1.29, 1.82) is 0 Å². The van der Waals surface area contributed by atoms with Crippen LogP contribution in [0.2, 0.25) is 0 Å². The highest BCUT2D eigenvalue weighted by molar-refractivity contribution is 9.10. The van der Waals surface area contributed by atoms with E-state index in [2.05, 4.69) is 33.1 Å². The van der Waals surface area contributed by atoms with Crippen molar-refractivity contribution in [1.82, 2.24) is 0 Å². The van der Waals surface area contributed by atoms with Gasteiger partial charge < -0.3 is 0 Å². The Bertz CT molecular complexity index is 545. The predicted octanol–water partition coefficient (Wildman–Crippen LogP) is 5.48. The molecule has 0 atom stereocenters. The summed E-state index contributed by atoms with van der Waals surface area (Å²) in [7, 11) is 0. The fourth-order valence-corrected chi connectivity index (χ4v) is 1.74. The number of azo groups is 1. The van der Waals surface area contributed by atoms with Crippen LogP contribution in [0, 0.1) is 13.8 Å². The van der Waals surface area contributed by atoms with E-state index in [1.807, 2.05) is 49.4 Å². The molecular formula is C14H13BrN2. The van der Waals surface area contributed by atoms with E-state index in [9.17, 15) is 0 Å². The number of nitrogens with zero attached hydrogens (tertiary/aromatic N) is 2. The van der Waals surface area contributed by atoms with Gasteiger partial charge in [-0.3, -0.25) is 0 Å². The third-order valence-electron chi connectivity index (χ3n) is 2.47. The van der Waals surface area contributed by atoms with Gasteiger partial charge in [-0.25, -0.2) is 0 Å². The SMILES string of the molecule is Cc1ccc(N=Nc2ccc(C)c(Br)c2)cc1. The molecule has 0 aliphatic rings. The molecule has 0 aliphatic carbocycles. The molecule has 86 valence electrons. The largest absolute Gasteiger partial charge is 0.151 e. The van der Waals surface area contributed by atoms with Crippen molar-refractivity contribution in [3.63, 3.8) is 0 Å². The Kier molecular flexibility index (Phi) is 3.69.